The molecule has 0 fully saturated rings. The first-order chi connectivity index (χ1) is 7.66. The van der Waals surface area contributed by atoms with Crippen molar-refractivity contribution in [1.29, 1.82) is 0 Å². The highest BCUT2D eigenvalue weighted by atomic mass is 35.5. The van der Waals surface area contributed by atoms with E-state index in [2.05, 4.69) is 5.10 Å². The molecule has 0 aliphatic heterocycles. The first kappa shape index (κ1) is 11.0. The molecule has 0 saturated heterocycles. The molecule has 0 N–H and O–H groups in total. The number of carbonyl (C=O) groups is 1. The van der Waals surface area contributed by atoms with E-state index < -0.39 is 0 Å². The van der Waals surface area contributed by atoms with Gasteiger partial charge in [0.25, 0.3) is 0 Å². The van der Waals surface area contributed by atoms with E-state index in [-0.39, 0.29) is 11.0 Å². The molecule has 2 aromatic heterocycles. The number of nitrogens with zero attached hydrogens (tertiary/aromatic N) is 2. The molecule has 5 heteroatoms. The number of Topliss-reactive ketones (excluding diaryl/α,β-unsaturated/α-hetero) is 1. The van der Waals surface area contributed by atoms with Gasteiger partial charge in [0, 0.05) is 25.4 Å². The Hall–Kier alpha value is -1.55. The summed E-state index contributed by atoms with van der Waals surface area (Å²) < 4.78 is 6.79. The van der Waals surface area contributed by atoms with Crippen LogP contribution in [0.4, 0.5) is 0 Å². The van der Waals surface area contributed by atoms with Crippen LogP contribution in [0, 0.1) is 0 Å². The molecule has 0 aromatic carbocycles. The molecule has 0 unspecified atom stereocenters. The molecule has 4 nitrogen and oxygen atoms in total. The summed E-state index contributed by atoms with van der Waals surface area (Å²) >= 11 is 5.60. The average molecular weight is 239 g/mol. The van der Waals surface area contributed by atoms with E-state index >= 15 is 0 Å². The third kappa shape index (κ3) is 2.33. The van der Waals surface area contributed by atoms with Crippen LogP contribution in [0.25, 0.3) is 0 Å². The normalized spacial score (nSPS) is 10.6. The van der Waals surface area contributed by atoms with Crippen LogP contribution in [0.5, 0.6) is 0 Å². The largest absolute Gasteiger partial charge is 0.442 e. The van der Waals surface area contributed by atoms with Gasteiger partial charge in [-0.15, -0.1) is 0 Å². The molecule has 2 heterocycles. The molecular weight excluding hydrogens is 228 g/mol. The van der Waals surface area contributed by atoms with Crippen molar-refractivity contribution >= 4 is 17.4 Å². The monoisotopic (exact) mass is 238 g/mol. The van der Waals surface area contributed by atoms with Crippen molar-refractivity contribution in [2.24, 2.45) is 7.05 Å². The van der Waals surface area contributed by atoms with Crippen LogP contribution in [0.3, 0.4) is 0 Å². The fourth-order valence-electron chi connectivity index (χ4n) is 1.48. The predicted octanol–water partition coefficient (Wildman–Crippen LogP) is 2.48. The Bertz CT molecular complexity index is 502. The average Bonchev–Trinajstić information content (AvgIpc) is 2.84. The maximum atomic E-state index is 11.7. The minimum Gasteiger partial charge on any atom is -0.442 e. The van der Waals surface area contributed by atoms with E-state index in [1.54, 1.807) is 23.0 Å². The number of carbonyl (C=O) groups excluding carboxylic acids is 1. The van der Waals surface area contributed by atoms with Crippen molar-refractivity contribution in [1.82, 2.24) is 9.78 Å². The van der Waals surface area contributed by atoms with E-state index in [0.717, 1.165) is 5.69 Å². The van der Waals surface area contributed by atoms with Gasteiger partial charge in [0.1, 0.15) is 0 Å². The van der Waals surface area contributed by atoms with Crippen LogP contribution < -0.4 is 0 Å². The van der Waals surface area contributed by atoms with Crippen LogP contribution in [0.1, 0.15) is 22.7 Å². The fraction of sp³-hybridized carbons (Fsp3) is 0.273. The number of aromatic nitrogens is 2. The zero-order valence-corrected chi connectivity index (χ0v) is 9.57. The molecule has 0 bridgehead atoms. The number of ketones is 1. The van der Waals surface area contributed by atoms with Gasteiger partial charge in [-0.25, -0.2) is 0 Å². The van der Waals surface area contributed by atoms with Crippen molar-refractivity contribution in [2.75, 3.05) is 0 Å². The predicted molar refractivity (Wildman–Crippen MR) is 59.6 cm³/mol. The van der Waals surface area contributed by atoms with Gasteiger partial charge in [0.05, 0.1) is 0 Å². The number of furan rings is 1. The molecule has 0 saturated carbocycles. The molecule has 0 atom stereocenters. The second-order valence-corrected chi connectivity index (χ2v) is 3.85. The highest BCUT2D eigenvalue weighted by Gasteiger charge is 2.11. The summed E-state index contributed by atoms with van der Waals surface area (Å²) in [4.78, 5) is 11.7. The lowest BCUT2D eigenvalue weighted by Crippen LogP contribution is -2.03. The molecule has 0 aliphatic rings. The topological polar surface area (TPSA) is 48.0 Å². The van der Waals surface area contributed by atoms with Crippen molar-refractivity contribution < 1.29 is 9.21 Å². The Labute approximate surface area is 97.8 Å². The van der Waals surface area contributed by atoms with Crippen LogP contribution in [0.15, 0.2) is 28.8 Å². The smallest absolute Gasteiger partial charge is 0.198 e. The summed E-state index contributed by atoms with van der Waals surface area (Å²) in [5.74, 6) is 0.264. The van der Waals surface area contributed by atoms with E-state index in [1.807, 2.05) is 13.1 Å². The van der Waals surface area contributed by atoms with Gasteiger partial charge in [-0.2, -0.15) is 5.10 Å². The molecule has 2 aromatic rings. The summed E-state index contributed by atoms with van der Waals surface area (Å²) in [5, 5.41) is 4.27. The Balaban J connectivity index is 1.96. The van der Waals surface area contributed by atoms with Crippen LogP contribution in [-0.4, -0.2) is 15.6 Å². The van der Waals surface area contributed by atoms with E-state index in [4.69, 9.17) is 16.0 Å². The van der Waals surface area contributed by atoms with Gasteiger partial charge in [0.2, 0.25) is 0 Å². The number of halogens is 1. The fourth-order valence-corrected chi connectivity index (χ4v) is 1.62. The second kappa shape index (κ2) is 4.53. The molecular formula is C11H11ClN2O2. The SMILES string of the molecule is Cn1nccc1CCC(=O)c1ccc(Cl)o1. The molecule has 0 spiro atoms. The zero-order chi connectivity index (χ0) is 11.5. The van der Waals surface area contributed by atoms with Crippen LogP contribution >= 0.6 is 11.6 Å². The van der Waals surface area contributed by atoms with Crippen LogP contribution in [-0.2, 0) is 13.5 Å². The number of hydrogen-bond acceptors (Lipinski definition) is 3. The van der Waals surface area contributed by atoms with Gasteiger partial charge < -0.3 is 4.42 Å². The highest BCUT2D eigenvalue weighted by Crippen LogP contribution is 2.15. The molecule has 2 rings (SSSR count). The molecule has 0 amide bonds. The maximum absolute atomic E-state index is 11.7. The van der Waals surface area contributed by atoms with Gasteiger partial charge >= 0.3 is 0 Å². The van der Waals surface area contributed by atoms with Gasteiger partial charge in [-0.05, 0) is 36.2 Å². The van der Waals surface area contributed by atoms with Crippen molar-refractivity contribution in [2.45, 2.75) is 12.8 Å². The van der Waals surface area contributed by atoms with E-state index in [9.17, 15) is 4.79 Å². The maximum Gasteiger partial charge on any atom is 0.198 e. The Morgan fingerprint density at radius 1 is 1.50 bits per heavy atom. The summed E-state index contributed by atoms with van der Waals surface area (Å²) in [7, 11) is 1.85. The van der Waals surface area contributed by atoms with Crippen molar-refractivity contribution in [3.63, 3.8) is 0 Å². The van der Waals surface area contributed by atoms with Gasteiger partial charge in [-0.3, -0.25) is 9.48 Å². The minimum absolute atomic E-state index is 0.0481. The molecule has 16 heavy (non-hydrogen) atoms. The highest BCUT2D eigenvalue weighted by molar-refractivity contribution is 6.29. The van der Waals surface area contributed by atoms with E-state index in [0.29, 0.717) is 18.6 Å². The second-order valence-electron chi connectivity index (χ2n) is 3.47. The number of hydrogen-bond donors (Lipinski definition) is 0. The van der Waals surface area contributed by atoms with Crippen LogP contribution in [0.2, 0.25) is 5.22 Å². The summed E-state index contributed by atoms with van der Waals surface area (Å²) in [6, 6.07) is 5.05. The minimum atomic E-state index is -0.0481. The van der Waals surface area contributed by atoms with E-state index in [1.165, 1.54) is 0 Å². The number of rotatable bonds is 4. The Morgan fingerprint density at radius 3 is 2.88 bits per heavy atom. The Kier molecular flexibility index (Phi) is 3.10. The third-order valence-electron chi connectivity index (χ3n) is 2.38. The van der Waals surface area contributed by atoms with Crippen molar-refractivity contribution in [3.8, 4) is 0 Å². The standard InChI is InChI=1S/C11H11ClN2O2/c1-14-8(6-7-13-14)2-3-9(15)10-4-5-11(12)16-10/h4-7H,2-3H2,1H3. The third-order valence-corrected chi connectivity index (χ3v) is 2.58. The molecule has 0 radical (unpaired) electrons. The van der Waals surface area contributed by atoms with Crippen molar-refractivity contribution in [3.05, 3.63) is 41.1 Å². The zero-order valence-electron chi connectivity index (χ0n) is 8.81. The first-order valence-electron chi connectivity index (χ1n) is 4.92. The number of aryl methyl sites for hydroxylation is 2. The molecule has 0 aliphatic carbocycles. The first-order valence-corrected chi connectivity index (χ1v) is 5.30. The quantitative estimate of drug-likeness (QED) is 0.769. The lowest BCUT2D eigenvalue weighted by atomic mass is 10.1. The summed E-state index contributed by atoms with van der Waals surface area (Å²) in [6.07, 6.45) is 2.75. The van der Waals surface area contributed by atoms with Gasteiger partial charge in [0.15, 0.2) is 16.8 Å². The van der Waals surface area contributed by atoms with Gasteiger partial charge in [-0.1, -0.05) is 0 Å². The summed E-state index contributed by atoms with van der Waals surface area (Å²) in [6.45, 7) is 0. The Morgan fingerprint density at radius 2 is 2.31 bits per heavy atom. The lowest BCUT2D eigenvalue weighted by molar-refractivity contribution is 0.0955. The summed E-state index contributed by atoms with van der Waals surface area (Å²) in [5.41, 5.74) is 1.02. The molecule has 84 valence electrons. The lowest BCUT2D eigenvalue weighted by Gasteiger charge is -1.99.